The highest BCUT2D eigenvalue weighted by Crippen LogP contribution is 2.28. The summed E-state index contributed by atoms with van der Waals surface area (Å²) in [6.45, 7) is 0. The fourth-order valence-corrected chi connectivity index (χ4v) is 3.77. The van der Waals surface area contributed by atoms with Crippen LogP contribution in [0, 0.1) is 0 Å². The van der Waals surface area contributed by atoms with E-state index < -0.39 is 5.97 Å². The Bertz CT molecular complexity index is 1340. The van der Waals surface area contributed by atoms with Gasteiger partial charge in [-0.3, -0.25) is 9.78 Å². The van der Waals surface area contributed by atoms with Gasteiger partial charge in [0.05, 0.1) is 17.4 Å². The normalized spacial score (nSPS) is 10.6. The third-order valence-electron chi connectivity index (χ3n) is 5.23. The minimum atomic E-state index is -1.13. The number of hydrogen-bond acceptors (Lipinski definition) is 4. The first-order valence-electron chi connectivity index (χ1n) is 9.97. The standard InChI is InChI=1S/C26H18Cl2N2O3/c1-30(20-8-6-18(27)7-9-20)21-10-12-24(29-15-21)25(31)17-5-11-22(23(14-17)26(32)33)16-3-2-4-19(28)13-16/h2-15H,1H3,(H,32,33). The highest BCUT2D eigenvalue weighted by molar-refractivity contribution is 6.31. The van der Waals surface area contributed by atoms with E-state index in [1.54, 1.807) is 66.9 Å². The molecule has 3 aromatic carbocycles. The molecule has 0 saturated carbocycles. The SMILES string of the molecule is CN(c1ccc(Cl)cc1)c1ccc(C(=O)c2ccc(-c3cccc(Cl)c3)c(C(=O)O)c2)nc1. The van der Waals surface area contributed by atoms with Crippen molar-refractivity contribution >= 4 is 46.3 Å². The average Bonchev–Trinajstić information content (AvgIpc) is 2.83. The molecule has 0 aliphatic heterocycles. The number of benzene rings is 3. The van der Waals surface area contributed by atoms with Crippen LogP contribution in [0.2, 0.25) is 10.0 Å². The second-order valence-electron chi connectivity index (χ2n) is 7.34. The number of nitrogens with zero attached hydrogens (tertiary/aromatic N) is 2. The van der Waals surface area contributed by atoms with Crippen LogP contribution in [-0.4, -0.2) is 28.9 Å². The molecular weight excluding hydrogens is 459 g/mol. The van der Waals surface area contributed by atoms with Crippen LogP contribution in [0.15, 0.2) is 85.1 Å². The molecule has 4 rings (SSSR count). The number of carbonyl (C=O) groups excluding carboxylic acids is 1. The van der Waals surface area contributed by atoms with E-state index in [1.165, 1.54) is 6.07 Å². The molecule has 0 unspecified atom stereocenters. The first-order valence-corrected chi connectivity index (χ1v) is 10.7. The molecule has 5 nitrogen and oxygen atoms in total. The number of rotatable bonds is 6. The van der Waals surface area contributed by atoms with E-state index in [1.807, 2.05) is 24.1 Å². The third kappa shape index (κ3) is 4.90. The smallest absolute Gasteiger partial charge is 0.336 e. The van der Waals surface area contributed by atoms with Gasteiger partial charge in [-0.2, -0.15) is 0 Å². The van der Waals surface area contributed by atoms with Crippen molar-refractivity contribution in [3.8, 4) is 11.1 Å². The lowest BCUT2D eigenvalue weighted by Crippen LogP contribution is -2.11. The Morgan fingerprint density at radius 3 is 2.21 bits per heavy atom. The maximum Gasteiger partial charge on any atom is 0.336 e. The molecule has 0 aliphatic rings. The Kier molecular flexibility index (Phi) is 6.45. The summed E-state index contributed by atoms with van der Waals surface area (Å²) >= 11 is 12.0. The molecule has 0 atom stereocenters. The Balaban J connectivity index is 1.62. The zero-order chi connectivity index (χ0) is 23.5. The lowest BCUT2D eigenvalue weighted by molar-refractivity contribution is 0.0697. The third-order valence-corrected chi connectivity index (χ3v) is 5.72. The molecule has 0 aliphatic carbocycles. The van der Waals surface area contributed by atoms with E-state index in [-0.39, 0.29) is 22.6 Å². The Hall–Kier alpha value is -3.67. The molecular formula is C26H18Cl2N2O3. The van der Waals surface area contributed by atoms with Gasteiger partial charge in [-0.25, -0.2) is 4.79 Å². The number of anilines is 2. The van der Waals surface area contributed by atoms with Gasteiger partial charge >= 0.3 is 5.97 Å². The van der Waals surface area contributed by atoms with Gasteiger partial charge in [-0.15, -0.1) is 0 Å². The van der Waals surface area contributed by atoms with Gasteiger partial charge in [0.15, 0.2) is 0 Å². The van der Waals surface area contributed by atoms with Crippen LogP contribution in [0.4, 0.5) is 11.4 Å². The van der Waals surface area contributed by atoms with Crippen molar-refractivity contribution in [1.82, 2.24) is 4.98 Å². The second-order valence-corrected chi connectivity index (χ2v) is 8.21. The molecule has 4 aromatic rings. The maximum atomic E-state index is 13.0. The van der Waals surface area contributed by atoms with Gasteiger partial charge in [0.2, 0.25) is 5.78 Å². The average molecular weight is 477 g/mol. The largest absolute Gasteiger partial charge is 0.478 e. The molecule has 164 valence electrons. The van der Waals surface area contributed by atoms with E-state index in [0.717, 1.165) is 11.4 Å². The molecule has 7 heteroatoms. The van der Waals surface area contributed by atoms with Crippen molar-refractivity contribution in [2.75, 3.05) is 11.9 Å². The van der Waals surface area contributed by atoms with E-state index in [4.69, 9.17) is 23.2 Å². The number of pyridine rings is 1. The summed E-state index contributed by atoms with van der Waals surface area (Å²) in [5, 5.41) is 10.9. The van der Waals surface area contributed by atoms with Gasteiger partial charge < -0.3 is 10.0 Å². The summed E-state index contributed by atoms with van der Waals surface area (Å²) in [7, 11) is 1.88. The second kappa shape index (κ2) is 9.45. The number of aromatic carboxylic acids is 1. The van der Waals surface area contributed by atoms with Gasteiger partial charge in [0.25, 0.3) is 0 Å². The highest BCUT2D eigenvalue weighted by Gasteiger charge is 2.18. The first-order chi connectivity index (χ1) is 15.8. The Morgan fingerprint density at radius 1 is 0.848 bits per heavy atom. The fraction of sp³-hybridized carbons (Fsp3) is 0.0385. The van der Waals surface area contributed by atoms with Crippen LogP contribution in [-0.2, 0) is 0 Å². The predicted molar refractivity (Wildman–Crippen MR) is 131 cm³/mol. The fourth-order valence-electron chi connectivity index (χ4n) is 3.45. The molecule has 1 N–H and O–H groups in total. The van der Waals surface area contributed by atoms with Crippen LogP contribution < -0.4 is 4.90 Å². The van der Waals surface area contributed by atoms with E-state index >= 15 is 0 Å². The minimum absolute atomic E-state index is 0.0159. The molecule has 0 saturated heterocycles. The molecule has 0 radical (unpaired) electrons. The summed E-state index contributed by atoms with van der Waals surface area (Å²) in [6.07, 6.45) is 1.60. The number of carboxylic acids is 1. The van der Waals surface area contributed by atoms with E-state index in [9.17, 15) is 14.7 Å². The zero-order valence-electron chi connectivity index (χ0n) is 17.5. The Morgan fingerprint density at radius 2 is 1.58 bits per heavy atom. The van der Waals surface area contributed by atoms with Crippen molar-refractivity contribution < 1.29 is 14.7 Å². The molecule has 1 heterocycles. The van der Waals surface area contributed by atoms with Crippen LogP contribution in [0.3, 0.4) is 0 Å². The number of ketones is 1. The first kappa shape index (κ1) is 22.5. The highest BCUT2D eigenvalue weighted by atomic mass is 35.5. The molecule has 0 bridgehead atoms. The minimum Gasteiger partial charge on any atom is -0.478 e. The van der Waals surface area contributed by atoms with Crippen LogP contribution in [0.5, 0.6) is 0 Å². The van der Waals surface area contributed by atoms with Crippen molar-refractivity contribution in [3.63, 3.8) is 0 Å². The molecule has 0 amide bonds. The molecule has 33 heavy (non-hydrogen) atoms. The number of hydrogen-bond donors (Lipinski definition) is 1. The number of aromatic nitrogens is 1. The zero-order valence-corrected chi connectivity index (χ0v) is 19.0. The molecule has 1 aromatic heterocycles. The van der Waals surface area contributed by atoms with E-state index in [2.05, 4.69) is 4.98 Å². The monoisotopic (exact) mass is 476 g/mol. The quantitative estimate of drug-likeness (QED) is 0.311. The summed E-state index contributed by atoms with van der Waals surface area (Å²) in [4.78, 5) is 31.1. The van der Waals surface area contributed by atoms with Crippen molar-refractivity contribution in [2.24, 2.45) is 0 Å². The molecule has 0 fully saturated rings. The van der Waals surface area contributed by atoms with Gasteiger partial charge in [0.1, 0.15) is 5.69 Å². The van der Waals surface area contributed by atoms with Crippen LogP contribution in [0.25, 0.3) is 11.1 Å². The summed E-state index contributed by atoms with van der Waals surface area (Å²) in [5.41, 5.74) is 3.32. The maximum absolute atomic E-state index is 13.0. The molecule has 0 spiro atoms. The van der Waals surface area contributed by atoms with Gasteiger partial charge in [-0.1, -0.05) is 47.5 Å². The number of halogens is 2. The summed E-state index contributed by atoms with van der Waals surface area (Å²) < 4.78 is 0. The lowest BCUT2D eigenvalue weighted by Gasteiger charge is -2.19. The topological polar surface area (TPSA) is 70.5 Å². The van der Waals surface area contributed by atoms with Crippen molar-refractivity contribution in [1.29, 1.82) is 0 Å². The van der Waals surface area contributed by atoms with E-state index in [0.29, 0.717) is 21.2 Å². The summed E-state index contributed by atoms with van der Waals surface area (Å²) in [6, 6.07) is 22.3. The number of carbonyl (C=O) groups is 2. The number of carboxylic acid groups (broad SMARTS) is 1. The predicted octanol–water partition coefficient (Wildman–Crippen LogP) is 6.75. The van der Waals surface area contributed by atoms with Crippen molar-refractivity contribution in [2.45, 2.75) is 0 Å². The van der Waals surface area contributed by atoms with Crippen molar-refractivity contribution in [3.05, 3.63) is 112 Å². The van der Waals surface area contributed by atoms with Gasteiger partial charge in [-0.05, 0) is 65.7 Å². The van der Waals surface area contributed by atoms with Gasteiger partial charge in [0, 0.05) is 28.3 Å². The Labute approximate surface area is 200 Å². The lowest BCUT2D eigenvalue weighted by atomic mass is 9.95. The summed E-state index contributed by atoms with van der Waals surface area (Å²) in [5.74, 6) is -1.50. The van der Waals surface area contributed by atoms with Crippen LogP contribution >= 0.6 is 23.2 Å². The van der Waals surface area contributed by atoms with Crippen LogP contribution in [0.1, 0.15) is 26.4 Å².